The molecule has 2 heterocycles. The summed E-state index contributed by atoms with van der Waals surface area (Å²) >= 11 is 0. The highest BCUT2D eigenvalue weighted by Crippen LogP contribution is 2.58. The molecule has 0 amide bonds. The average molecular weight is 836 g/mol. The molecule has 0 bridgehead atoms. The SMILES string of the molecule is CC1(C)CCC(C)(C)c2c(N3c4cc(-c5c6ccccc6cc6ccccc56)cc5c4B(c4ccc6c(c4-5)C(C)(C)CCC6(C)C)c4ccc5c(c43)C(C)(C)CCC5(C)C)cccc21. The van der Waals surface area contributed by atoms with Crippen molar-refractivity contribution in [1.82, 2.24) is 0 Å². The summed E-state index contributed by atoms with van der Waals surface area (Å²) in [5.74, 6) is 0. The van der Waals surface area contributed by atoms with Gasteiger partial charge in [-0.3, -0.25) is 0 Å². The number of hydrogen-bond donors (Lipinski definition) is 0. The molecule has 2 aliphatic heterocycles. The number of anilines is 3. The Morgan fingerprint density at radius 1 is 0.406 bits per heavy atom. The lowest BCUT2D eigenvalue weighted by atomic mass is 9.36. The maximum absolute atomic E-state index is 2.87. The van der Waals surface area contributed by atoms with Crippen LogP contribution in [0.2, 0.25) is 0 Å². The standard InChI is InChI=1S/C62H66BN/c1-57(2)28-31-60(7,8)52-43(57)22-17-23-48(52)64-49-36-39(50-40-20-15-13-18-37(40)34-38-19-14-16-21-41(38)50)35-42-51-46(26-24-44-53(51)61(9,10)32-29-58(44,3)4)63(55(42)49)47-27-25-45-54(56(47)64)62(11,12)33-30-59(45,5)6/h13-27,34-36H,28-33H2,1-12H3. The molecule has 0 unspecified atom stereocenters. The van der Waals surface area contributed by atoms with Gasteiger partial charge < -0.3 is 4.90 Å². The predicted molar refractivity (Wildman–Crippen MR) is 278 cm³/mol. The molecule has 1 nitrogen and oxygen atoms in total. The molecule has 0 N–H and O–H groups in total. The van der Waals surface area contributed by atoms with Gasteiger partial charge in [0.2, 0.25) is 6.71 Å². The first-order valence-electron chi connectivity index (χ1n) is 24.6. The number of hydrogen-bond acceptors (Lipinski definition) is 1. The van der Waals surface area contributed by atoms with Gasteiger partial charge in [-0.1, -0.05) is 173 Å². The molecule has 0 saturated carbocycles. The van der Waals surface area contributed by atoms with E-state index < -0.39 is 0 Å². The molecule has 322 valence electrons. The van der Waals surface area contributed by atoms with Crippen LogP contribution in [0.4, 0.5) is 17.1 Å². The highest BCUT2D eigenvalue weighted by atomic mass is 15.2. The number of nitrogens with zero attached hydrogens (tertiary/aromatic N) is 1. The normalized spacial score (nSPS) is 20.8. The van der Waals surface area contributed by atoms with Crippen molar-refractivity contribution < 1.29 is 0 Å². The van der Waals surface area contributed by atoms with Gasteiger partial charge in [0.25, 0.3) is 0 Å². The predicted octanol–water partition coefficient (Wildman–Crippen LogP) is 15.0. The maximum atomic E-state index is 2.87. The van der Waals surface area contributed by atoms with E-state index in [0.29, 0.717) is 0 Å². The molecule has 3 aliphatic carbocycles. The van der Waals surface area contributed by atoms with Gasteiger partial charge >= 0.3 is 0 Å². The molecular weight excluding hydrogens is 770 g/mol. The molecule has 0 saturated heterocycles. The van der Waals surface area contributed by atoms with Gasteiger partial charge in [-0.2, -0.15) is 0 Å². The van der Waals surface area contributed by atoms with E-state index >= 15 is 0 Å². The summed E-state index contributed by atoms with van der Waals surface area (Å²) in [7, 11) is 0. The molecular formula is C62H66BN. The third kappa shape index (κ3) is 5.38. The fraction of sp³-hybridized carbons (Fsp3) is 0.387. The highest BCUT2D eigenvalue weighted by Gasteiger charge is 2.52. The van der Waals surface area contributed by atoms with E-state index in [1.165, 1.54) is 132 Å². The summed E-state index contributed by atoms with van der Waals surface area (Å²) in [6.07, 6.45) is 7.11. The van der Waals surface area contributed by atoms with Crippen molar-refractivity contribution in [3.63, 3.8) is 0 Å². The van der Waals surface area contributed by atoms with Crippen LogP contribution in [0, 0.1) is 0 Å². The summed E-state index contributed by atoms with van der Waals surface area (Å²) in [5.41, 5.74) is 23.9. The van der Waals surface area contributed by atoms with Gasteiger partial charge in [0.1, 0.15) is 0 Å². The zero-order chi connectivity index (χ0) is 44.7. The van der Waals surface area contributed by atoms with Gasteiger partial charge in [-0.05, 0) is 183 Å². The number of fused-ring (bicyclic) bond motifs is 12. The van der Waals surface area contributed by atoms with Crippen molar-refractivity contribution >= 4 is 61.7 Å². The van der Waals surface area contributed by atoms with Crippen LogP contribution in [0.15, 0.2) is 109 Å². The van der Waals surface area contributed by atoms with Crippen LogP contribution in [0.3, 0.4) is 0 Å². The van der Waals surface area contributed by atoms with Crippen LogP contribution in [-0.4, -0.2) is 6.71 Å². The fourth-order valence-corrected chi connectivity index (χ4v) is 14.1. The zero-order valence-electron chi connectivity index (χ0n) is 40.7. The maximum Gasteiger partial charge on any atom is 0.248 e. The monoisotopic (exact) mass is 836 g/mol. The smallest absolute Gasteiger partial charge is 0.248 e. The largest absolute Gasteiger partial charge is 0.311 e. The van der Waals surface area contributed by atoms with E-state index in [9.17, 15) is 0 Å². The van der Waals surface area contributed by atoms with Crippen LogP contribution < -0.4 is 21.3 Å². The third-order valence-corrected chi connectivity index (χ3v) is 17.9. The molecule has 7 aromatic rings. The summed E-state index contributed by atoms with van der Waals surface area (Å²) < 4.78 is 0. The molecule has 2 heteroatoms. The van der Waals surface area contributed by atoms with Crippen LogP contribution in [0.5, 0.6) is 0 Å². The Hall–Kier alpha value is -5.08. The topological polar surface area (TPSA) is 3.24 Å². The molecule has 5 aliphatic rings. The van der Waals surface area contributed by atoms with E-state index in [1.54, 1.807) is 16.7 Å². The van der Waals surface area contributed by atoms with E-state index in [2.05, 4.69) is 197 Å². The molecule has 0 aromatic heterocycles. The van der Waals surface area contributed by atoms with Crippen molar-refractivity contribution in [3.8, 4) is 22.3 Å². The Morgan fingerprint density at radius 2 is 0.906 bits per heavy atom. The molecule has 0 fully saturated rings. The van der Waals surface area contributed by atoms with Crippen molar-refractivity contribution in [2.45, 2.75) is 154 Å². The van der Waals surface area contributed by atoms with Gasteiger partial charge in [0.15, 0.2) is 0 Å². The second kappa shape index (κ2) is 12.8. The van der Waals surface area contributed by atoms with Gasteiger partial charge in [-0.25, -0.2) is 0 Å². The Balaban J connectivity index is 1.31. The van der Waals surface area contributed by atoms with Crippen molar-refractivity contribution in [3.05, 3.63) is 143 Å². The minimum Gasteiger partial charge on any atom is -0.311 e. The van der Waals surface area contributed by atoms with Gasteiger partial charge in [-0.15, -0.1) is 0 Å². The first-order chi connectivity index (χ1) is 30.2. The van der Waals surface area contributed by atoms with E-state index in [0.717, 1.165) is 0 Å². The minimum atomic E-state index is -0.00877. The molecule has 12 rings (SSSR count). The molecule has 0 spiro atoms. The van der Waals surface area contributed by atoms with Crippen molar-refractivity contribution in [2.75, 3.05) is 4.90 Å². The lowest BCUT2D eigenvalue weighted by molar-refractivity contribution is 0.331. The molecule has 64 heavy (non-hydrogen) atoms. The third-order valence-electron chi connectivity index (χ3n) is 17.9. The van der Waals surface area contributed by atoms with Crippen molar-refractivity contribution in [1.29, 1.82) is 0 Å². The van der Waals surface area contributed by atoms with Crippen LogP contribution >= 0.6 is 0 Å². The van der Waals surface area contributed by atoms with E-state index in [1.807, 2.05) is 0 Å². The Labute approximate surface area is 383 Å². The van der Waals surface area contributed by atoms with E-state index in [-0.39, 0.29) is 39.2 Å². The van der Waals surface area contributed by atoms with Gasteiger partial charge in [0, 0.05) is 11.4 Å². The lowest BCUT2D eigenvalue weighted by Crippen LogP contribution is -2.56. The second-order valence-electron chi connectivity index (χ2n) is 24.8. The fourth-order valence-electron chi connectivity index (χ4n) is 14.1. The first-order valence-corrected chi connectivity index (χ1v) is 24.6. The second-order valence-corrected chi connectivity index (χ2v) is 24.8. The molecule has 7 aromatic carbocycles. The van der Waals surface area contributed by atoms with Crippen LogP contribution in [-0.2, 0) is 32.5 Å². The minimum absolute atomic E-state index is 0.00630. The summed E-state index contributed by atoms with van der Waals surface area (Å²) in [6.45, 7) is 30.4. The molecule has 0 radical (unpaired) electrons. The number of rotatable bonds is 2. The quantitative estimate of drug-likeness (QED) is 0.124. The Morgan fingerprint density at radius 3 is 1.52 bits per heavy atom. The van der Waals surface area contributed by atoms with Crippen molar-refractivity contribution in [2.24, 2.45) is 0 Å². The zero-order valence-corrected chi connectivity index (χ0v) is 40.7. The Kier molecular flexibility index (Phi) is 8.11. The summed E-state index contributed by atoms with van der Waals surface area (Å²) in [5, 5.41) is 5.24. The summed E-state index contributed by atoms with van der Waals surface area (Å²) in [4.78, 5) is 2.87. The lowest BCUT2D eigenvalue weighted by Gasteiger charge is -2.49. The first kappa shape index (κ1) is 40.4. The van der Waals surface area contributed by atoms with Crippen LogP contribution in [0.1, 0.15) is 155 Å². The van der Waals surface area contributed by atoms with E-state index in [4.69, 9.17) is 0 Å². The van der Waals surface area contributed by atoms with Gasteiger partial charge in [0.05, 0.1) is 5.69 Å². The Bertz CT molecular complexity index is 3130. The number of benzene rings is 7. The van der Waals surface area contributed by atoms with Crippen LogP contribution in [0.25, 0.3) is 43.8 Å². The highest BCUT2D eigenvalue weighted by molar-refractivity contribution is 7.01. The molecule has 0 atom stereocenters. The average Bonchev–Trinajstić information content (AvgIpc) is 3.59. The summed E-state index contributed by atoms with van der Waals surface area (Å²) in [6, 6.07) is 43.7.